The molecule has 3 rings (SSSR count). The first-order valence-corrected chi connectivity index (χ1v) is 7.24. The molecule has 0 saturated heterocycles. The molecule has 0 atom stereocenters. The van der Waals surface area contributed by atoms with Crippen LogP contribution in [0.2, 0.25) is 0 Å². The van der Waals surface area contributed by atoms with Crippen LogP contribution in [0.1, 0.15) is 30.0 Å². The van der Waals surface area contributed by atoms with Gasteiger partial charge in [-0.25, -0.2) is 4.68 Å². The van der Waals surface area contributed by atoms with E-state index in [9.17, 15) is 0 Å². The monoisotopic (exact) mass is 290 g/mol. The highest BCUT2D eigenvalue weighted by molar-refractivity contribution is 7.98. The molecule has 7 nitrogen and oxygen atoms in total. The number of aromatic nitrogens is 4. The van der Waals surface area contributed by atoms with Gasteiger partial charge in [0.15, 0.2) is 5.84 Å². The number of hydrogen-bond donors (Lipinski definition) is 2. The Labute approximate surface area is 119 Å². The Morgan fingerprint density at radius 2 is 2.35 bits per heavy atom. The summed E-state index contributed by atoms with van der Waals surface area (Å²) in [6, 6.07) is 8.04. The second kappa shape index (κ2) is 5.49. The molecule has 0 spiro atoms. The van der Waals surface area contributed by atoms with E-state index in [2.05, 4.69) is 20.7 Å². The number of amidine groups is 1. The lowest BCUT2D eigenvalue weighted by Gasteiger charge is -2.04. The fourth-order valence-electron chi connectivity index (χ4n) is 1.85. The van der Waals surface area contributed by atoms with Gasteiger partial charge in [0, 0.05) is 11.3 Å². The molecule has 20 heavy (non-hydrogen) atoms. The minimum Gasteiger partial charge on any atom is -0.409 e. The Morgan fingerprint density at radius 3 is 3.10 bits per heavy atom. The van der Waals surface area contributed by atoms with Crippen molar-refractivity contribution in [2.45, 2.75) is 29.8 Å². The predicted molar refractivity (Wildman–Crippen MR) is 74.6 cm³/mol. The number of hydrogen-bond acceptors (Lipinski definition) is 6. The number of nitrogens with two attached hydrogens (primary N) is 1. The second-order valence-electron chi connectivity index (χ2n) is 4.61. The van der Waals surface area contributed by atoms with E-state index in [1.165, 1.54) is 0 Å². The maximum Gasteiger partial charge on any atom is 0.209 e. The van der Waals surface area contributed by atoms with Crippen molar-refractivity contribution in [2.75, 3.05) is 0 Å². The molecule has 1 aromatic carbocycles. The Balaban J connectivity index is 1.70. The van der Waals surface area contributed by atoms with Crippen LogP contribution in [0.4, 0.5) is 0 Å². The molecule has 1 aromatic heterocycles. The first kappa shape index (κ1) is 12.9. The topological polar surface area (TPSA) is 102 Å². The van der Waals surface area contributed by atoms with Gasteiger partial charge < -0.3 is 10.9 Å². The van der Waals surface area contributed by atoms with Crippen LogP contribution < -0.4 is 5.73 Å². The van der Waals surface area contributed by atoms with Crippen molar-refractivity contribution in [2.24, 2.45) is 10.9 Å². The lowest BCUT2D eigenvalue weighted by Crippen LogP contribution is -2.13. The fourth-order valence-corrected chi connectivity index (χ4v) is 2.74. The van der Waals surface area contributed by atoms with Crippen LogP contribution in [-0.2, 0) is 5.75 Å². The minimum absolute atomic E-state index is 0.111. The fraction of sp³-hybridized carbons (Fsp3) is 0.333. The normalized spacial score (nSPS) is 15.5. The summed E-state index contributed by atoms with van der Waals surface area (Å²) in [6.07, 6.45) is 2.30. The summed E-state index contributed by atoms with van der Waals surface area (Å²) in [4.78, 5) is 0. The van der Waals surface area contributed by atoms with Gasteiger partial charge in [-0.15, -0.1) is 5.10 Å². The van der Waals surface area contributed by atoms with Crippen molar-refractivity contribution >= 4 is 17.6 Å². The SMILES string of the molecule is N/C(=N\O)c1cccc(CSc2nnnn2C2CC2)c1. The average molecular weight is 290 g/mol. The zero-order valence-corrected chi connectivity index (χ0v) is 11.5. The molecule has 0 aliphatic heterocycles. The number of rotatable bonds is 5. The quantitative estimate of drug-likeness (QED) is 0.284. The molecule has 1 aliphatic carbocycles. The third-order valence-electron chi connectivity index (χ3n) is 3.05. The highest BCUT2D eigenvalue weighted by Gasteiger charge is 2.27. The molecular formula is C12H14N6OS. The molecule has 8 heteroatoms. The molecule has 0 unspecified atom stereocenters. The standard InChI is InChI=1S/C12H14N6OS/c13-11(15-19)9-3-1-2-8(6-9)7-20-12-14-16-17-18(12)10-4-5-10/h1-3,6,10,19H,4-5,7H2,(H2,13,15). The summed E-state index contributed by atoms with van der Waals surface area (Å²) >= 11 is 1.59. The van der Waals surface area contributed by atoms with Gasteiger partial charge in [0.1, 0.15) is 0 Å². The lowest BCUT2D eigenvalue weighted by molar-refractivity contribution is 0.318. The zero-order chi connectivity index (χ0) is 13.9. The van der Waals surface area contributed by atoms with Gasteiger partial charge in [-0.2, -0.15) is 0 Å². The molecule has 1 fully saturated rings. The molecule has 0 radical (unpaired) electrons. The first-order chi connectivity index (χ1) is 9.78. The summed E-state index contributed by atoms with van der Waals surface area (Å²) < 4.78 is 1.89. The van der Waals surface area contributed by atoms with Crippen molar-refractivity contribution < 1.29 is 5.21 Å². The van der Waals surface area contributed by atoms with E-state index in [1.807, 2.05) is 22.9 Å². The van der Waals surface area contributed by atoms with Gasteiger partial charge in [0.25, 0.3) is 0 Å². The van der Waals surface area contributed by atoms with E-state index >= 15 is 0 Å². The molecule has 3 N–H and O–H groups in total. The van der Waals surface area contributed by atoms with Gasteiger partial charge in [0.05, 0.1) is 6.04 Å². The largest absolute Gasteiger partial charge is 0.409 e. The number of thioether (sulfide) groups is 1. The molecular weight excluding hydrogens is 276 g/mol. The van der Waals surface area contributed by atoms with E-state index in [1.54, 1.807) is 17.8 Å². The summed E-state index contributed by atoms with van der Waals surface area (Å²) in [6.45, 7) is 0. The lowest BCUT2D eigenvalue weighted by atomic mass is 10.1. The van der Waals surface area contributed by atoms with Crippen molar-refractivity contribution in [3.63, 3.8) is 0 Å². The first-order valence-electron chi connectivity index (χ1n) is 6.25. The molecule has 0 bridgehead atoms. The van der Waals surface area contributed by atoms with Gasteiger partial charge in [0.2, 0.25) is 5.16 Å². The molecule has 1 saturated carbocycles. The summed E-state index contributed by atoms with van der Waals surface area (Å²) in [7, 11) is 0. The van der Waals surface area contributed by atoms with Crippen molar-refractivity contribution in [1.29, 1.82) is 0 Å². The van der Waals surface area contributed by atoms with Gasteiger partial charge in [-0.3, -0.25) is 0 Å². The number of nitrogens with zero attached hydrogens (tertiary/aromatic N) is 5. The summed E-state index contributed by atoms with van der Waals surface area (Å²) in [5, 5.41) is 24.3. The van der Waals surface area contributed by atoms with Crippen LogP contribution in [0.3, 0.4) is 0 Å². The third-order valence-corrected chi connectivity index (χ3v) is 4.06. The van der Waals surface area contributed by atoms with Crippen LogP contribution in [-0.4, -0.2) is 31.3 Å². The Bertz CT molecular complexity index is 636. The molecule has 1 heterocycles. The van der Waals surface area contributed by atoms with E-state index in [0.717, 1.165) is 29.3 Å². The highest BCUT2D eigenvalue weighted by atomic mass is 32.2. The maximum atomic E-state index is 8.69. The van der Waals surface area contributed by atoms with Crippen molar-refractivity contribution in [3.8, 4) is 0 Å². The van der Waals surface area contributed by atoms with Crippen molar-refractivity contribution in [3.05, 3.63) is 35.4 Å². The van der Waals surface area contributed by atoms with E-state index in [4.69, 9.17) is 10.9 Å². The van der Waals surface area contributed by atoms with Crippen LogP contribution in [0, 0.1) is 0 Å². The molecule has 0 amide bonds. The van der Waals surface area contributed by atoms with Crippen LogP contribution in [0.5, 0.6) is 0 Å². The van der Waals surface area contributed by atoms with Crippen LogP contribution in [0.15, 0.2) is 34.6 Å². The van der Waals surface area contributed by atoms with E-state index in [-0.39, 0.29) is 5.84 Å². The zero-order valence-electron chi connectivity index (χ0n) is 10.7. The maximum absolute atomic E-state index is 8.69. The minimum atomic E-state index is 0.111. The summed E-state index contributed by atoms with van der Waals surface area (Å²) in [5.74, 6) is 0.847. The van der Waals surface area contributed by atoms with Crippen molar-refractivity contribution in [1.82, 2.24) is 20.2 Å². The third kappa shape index (κ3) is 2.74. The molecule has 104 valence electrons. The van der Waals surface area contributed by atoms with Crippen LogP contribution in [0.25, 0.3) is 0 Å². The van der Waals surface area contributed by atoms with E-state index in [0.29, 0.717) is 11.6 Å². The highest BCUT2D eigenvalue weighted by Crippen LogP contribution is 2.36. The van der Waals surface area contributed by atoms with E-state index < -0.39 is 0 Å². The van der Waals surface area contributed by atoms with Gasteiger partial charge in [-0.1, -0.05) is 35.1 Å². The Morgan fingerprint density at radius 1 is 1.50 bits per heavy atom. The Hall–Kier alpha value is -2.09. The smallest absolute Gasteiger partial charge is 0.209 e. The number of tetrazole rings is 1. The Kier molecular flexibility index (Phi) is 3.55. The van der Waals surface area contributed by atoms with Crippen LogP contribution >= 0.6 is 11.8 Å². The number of oxime groups is 1. The predicted octanol–water partition coefficient (Wildman–Crippen LogP) is 1.39. The van der Waals surface area contributed by atoms with Gasteiger partial charge in [-0.05, 0) is 34.9 Å². The second-order valence-corrected chi connectivity index (χ2v) is 5.55. The summed E-state index contributed by atoms with van der Waals surface area (Å²) in [5.41, 5.74) is 7.36. The molecule has 2 aromatic rings. The molecule has 1 aliphatic rings. The number of benzene rings is 1. The van der Waals surface area contributed by atoms with Gasteiger partial charge >= 0.3 is 0 Å². The average Bonchev–Trinajstić information content (AvgIpc) is 3.23.